The second-order valence-corrected chi connectivity index (χ2v) is 1.15. The zero-order valence-electron chi connectivity index (χ0n) is 3.43. The van der Waals surface area contributed by atoms with Crippen LogP contribution in [-0.4, -0.2) is 17.5 Å². The summed E-state index contributed by atoms with van der Waals surface area (Å²) in [6.45, 7) is 0. The molecule has 1 saturated heterocycles. The third-order valence-corrected chi connectivity index (χ3v) is 0.590. The number of carbonyl (C=O) groups excluding carboxylic acids is 1. The minimum atomic E-state index is -0.938. The summed E-state index contributed by atoms with van der Waals surface area (Å²) in [6.07, 6.45) is -0.938. The lowest BCUT2D eigenvalue weighted by molar-refractivity contribution is 0.134. The average molecular weight is 103 g/mol. The summed E-state index contributed by atoms with van der Waals surface area (Å²) in [7, 11) is 0. The van der Waals surface area contributed by atoms with Crippen LogP contribution in [0.15, 0.2) is 0 Å². The number of hydrogen-bond acceptors (Lipinski definition) is 3. The first-order valence-electron chi connectivity index (χ1n) is 1.79. The summed E-state index contributed by atoms with van der Waals surface area (Å²) in [5.41, 5.74) is 4.33. The van der Waals surface area contributed by atoms with Gasteiger partial charge in [0.25, 0.3) is 0 Å². The van der Waals surface area contributed by atoms with E-state index in [1.54, 1.807) is 0 Å². The van der Waals surface area contributed by atoms with Crippen molar-refractivity contribution < 1.29 is 9.90 Å². The number of hydrogen-bond donors (Lipinski definition) is 4. The summed E-state index contributed by atoms with van der Waals surface area (Å²) < 4.78 is 0. The van der Waals surface area contributed by atoms with Crippen LogP contribution in [-0.2, 0) is 0 Å². The lowest BCUT2D eigenvalue weighted by Crippen LogP contribution is -2.32. The minimum absolute atomic E-state index is 0.410. The van der Waals surface area contributed by atoms with Crippen molar-refractivity contribution in [1.29, 1.82) is 0 Å². The van der Waals surface area contributed by atoms with Crippen molar-refractivity contribution in [2.75, 3.05) is 0 Å². The SMILES string of the molecule is O=C1NNC(O)N1. The Bertz CT molecular complexity index is 92.9. The smallest absolute Gasteiger partial charge is 0.332 e. The number of amides is 2. The van der Waals surface area contributed by atoms with Gasteiger partial charge < -0.3 is 5.11 Å². The van der Waals surface area contributed by atoms with Gasteiger partial charge >= 0.3 is 6.03 Å². The number of carbonyl (C=O) groups is 1. The first kappa shape index (κ1) is 4.35. The first-order valence-corrected chi connectivity index (χ1v) is 1.79. The second kappa shape index (κ2) is 1.36. The van der Waals surface area contributed by atoms with Gasteiger partial charge in [0.05, 0.1) is 0 Å². The Kier molecular flexibility index (Phi) is 0.844. The number of rotatable bonds is 0. The fourth-order valence-electron chi connectivity index (χ4n) is 0.330. The monoisotopic (exact) mass is 103 g/mol. The zero-order valence-corrected chi connectivity index (χ0v) is 3.43. The fraction of sp³-hybridized carbons (Fsp3) is 0.500. The molecule has 0 aromatic heterocycles. The number of nitrogens with one attached hydrogen (secondary N) is 3. The molecular formula is C2H5N3O2. The van der Waals surface area contributed by atoms with Crippen LogP contribution < -0.4 is 16.2 Å². The van der Waals surface area contributed by atoms with E-state index in [2.05, 4.69) is 16.2 Å². The molecule has 2 amide bonds. The molecule has 0 spiro atoms. The van der Waals surface area contributed by atoms with E-state index in [0.717, 1.165) is 0 Å². The summed E-state index contributed by atoms with van der Waals surface area (Å²) >= 11 is 0. The Hall–Kier alpha value is -0.810. The van der Waals surface area contributed by atoms with Crippen LogP contribution in [0.25, 0.3) is 0 Å². The average Bonchev–Trinajstić information content (AvgIpc) is 1.87. The van der Waals surface area contributed by atoms with E-state index in [9.17, 15) is 4.79 Å². The molecule has 1 aliphatic heterocycles. The van der Waals surface area contributed by atoms with Gasteiger partial charge in [0.2, 0.25) is 6.35 Å². The van der Waals surface area contributed by atoms with E-state index in [0.29, 0.717) is 0 Å². The van der Waals surface area contributed by atoms with Crippen molar-refractivity contribution in [1.82, 2.24) is 16.2 Å². The van der Waals surface area contributed by atoms with E-state index < -0.39 is 12.4 Å². The van der Waals surface area contributed by atoms with Crippen LogP contribution in [0.2, 0.25) is 0 Å². The number of aliphatic hydroxyl groups is 1. The number of urea groups is 1. The Morgan fingerprint density at radius 3 is 2.57 bits per heavy atom. The van der Waals surface area contributed by atoms with Crippen LogP contribution >= 0.6 is 0 Å². The van der Waals surface area contributed by atoms with Gasteiger partial charge in [0, 0.05) is 0 Å². The maximum atomic E-state index is 10.0. The highest BCUT2D eigenvalue weighted by molar-refractivity contribution is 5.75. The van der Waals surface area contributed by atoms with E-state index in [1.165, 1.54) is 0 Å². The molecule has 0 aromatic rings. The van der Waals surface area contributed by atoms with Crippen molar-refractivity contribution in [3.63, 3.8) is 0 Å². The molecule has 0 saturated carbocycles. The third kappa shape index (κ3) is 0.787. The van der Waals surface area contributed by atoms with Gasteiger partial charge in [0.15, 0.2) is 0 Å². The van der Waals surface area contributed by atoms with E-state index >= 15 is 0 Å². The number of hydrazine groups is 1. The highest BCUT2D eigenvalue weighted by Crippen LogP contribution is 1.73. The van der Waals surface area contributed by atoms with Gasteiger partial charge in [0.1, 0.15) is 0 Å². The summed E-state index contributed by atoms with van der Waals surface area (Å²) in [5, 5.41) is 10.5. The molecule has 1 rings (SSSR count). The molecule has 1 aliphatic rings. The minimum Gasteiger partial charge on any atom is -0.360 e. The van der Waals surface area contributed by atoms with Gasteiger partial charge in [-0.3, -0.25) is 10.7 Å². The summed E-state index contributed by atoms with van der Waals surface area (Å²) in [6, 6.07) is -0.410. The summed E-state index contributed by atoms with van der Waals surface area (Å²) in [4.78, 5) is 10.0. The maximum absolute atomic E-state index is 10.0. The Morgan fingerprint density at radius 1 is 1.71 bits per heavy atom. The molecule has 1 heterocycles. The van der Waals surface area contributed by atoms with E-state index in [1.807, 2.05) is 0 Å². The Labute approximate surface area is 39.7 Å². The molecule has 1 atom stereocenters. The van der Waals surface area contributed by atoms with Gasteiger partial charge in [-0.2, -0.15) is 5.43 Å². The molecule has 0 aromatic carbocycles. The predicted octanol–water partition coefficient (Wildman–Crippen LogP) is -1.92. The zero-order chi connectivity index (χ0) is 5.28. The van der Waals surface area contributed by atoms with Gasteiger partial charge in [-0.15, -0.1) is 0 Å². The lowest BCUT2D eigenvalue weighted by atomic mass is 11.0. The van der Waals surface area contributed by atoms with Crippen LogP contribution in [0.5, 0.6) is 0 Å². The largest absolute Gasteiger partial charge is 0.360 e. The fourth-order valence-corrected chi connectivity index (χ4v) is 0.330. The molecule has 5 nitrogen and oxygen atoms in total. The summed E-state index contributed by atoms with van der Waals surface area (Å²) in [5.74, 6) is 0. The molecule has 40 valence electrons. The van der Waals surface area contributed by atoms with Gasteiger partial charge in [-0.25, -0.2) is 4.79 Å². The normalized spacial score (nSPS) is 29.3. The van der Waals surface area contributed by atoms with Crippen LogP contribution in [0, 0.1) is 0 Å². The van der Waals surface area contributed by atoms with Crippen LogP contribution in [0.4, 0.5) is 4.79 Å². The molecule has 5 heteroatoms. The second-order valence-electron chi connectivity index (χ2n) is 1.15. The molecule has 4 N–H and O–H groups in total. The molecular weight excluding hydrogens is 98.0 g/mol. The van der Waals surface area contributed by atoms with E-state index in [-0.39, 0.29) is 0 Å². The topological polar surface area (TPSA) is 73.4 Å². The predicted molar refractivity (Wildman–Crippen MR) is 20.8 cm³/mol. The van der Waals surface area contributed by atoms with Crippen molar-refractivity contribution in [2.24, 2.45) is 0 Å². The lowest BCUT2D eigenvalue weighted by Gasteiger charge is -1.93. The molecule has 1 fully saturated rings. The quantitative estimate of drug-likeness (QED) is 0.289. The van der Waals surface area contributed by atoms with Crippen molar-refractivity contribution in [3.8, 4) is 0 Å². The third-order valence-electron chi connectivity index (χ3n) is 0.590. The molecule has 0 aliphatic carbocycles. The van der Waals surface area contributed by atoms with Crippen LogP contribution in [0.1, 0.15) is 0 Å². The Balaban J connectivity index is 2.40. The van der Waals surface area contributed by atoms with Crippen molar-refractivity contribution >= 4 is 6.03 Å². The highest BCUT2D eigenvalue weighted by Gasteiger charge is 2.14. The molecule has 0 bridgehead atoms. The number of aliphatic hydroxyl groups excluding tert-OH is 1. The maximum Gasteiger partial charge on any atom is 0.332 e. The van der Waals surface area contributed by atoms with E-state index in [4.69, 9.17) is 5.11 Å². The first-order chi connectivity index (χ1) is 3.29. The highest BCUT2D eigenvalue weighted by atomic mass is 16.3. The molecule has 0 radical (unpaired) electrons. The van der Waals surface area contributed by atoms with Crippen molar-refractivity contribution in [3.05, 3.63) is 0 Å². The molecule has 1 unspecified atom stereocenters. The van der Waals surface area contributed by atoms with Gasteiger partial charge in [-0.05, 0) is 0 Å². The van der Waals surface area contributed by atoms with Crippen LogP contribution in [0.3, 0.4) is 0 Å². The molecule has 7 heavy (non-hydrogen) atoms. The van der Waals surface area contributed by atoms with Crippen molar-refractivity contribution in [2.45, 2.75) is 6.35 Å². The Morgan fingerprint density at radius 2 is 2.43 bits per heavy atom. The standard InChI is InChI=1S/C2H5N3O2/c6-1-3-2(7)5-4-1/h1,4,6H,(H2,3,5,7). The van der Waals surface area contributed by atoms with Gasteiger partial charge in [-0.1, -0.05) is 0 Å².